The molecule has 44 heteroatoms. The first-order valence-electron chi connectivity index (χ1n) is 33.6. The van der Waals surface area contributed by atoms with Gasteiger partial charge in [-0.3, -0.25) is 58.1 Å². The Morgan fingerprint density at radius 1 is 0.523 bits per heavy atom. The number of rotatable bonds is 36. The Bertz CT molecular complexity index is 4260. The number of anilines is 4. The zero-order chi connectivity index (χ0) is 82.8. The predicted octanol–water partition coefficient (Wildman–Crippen LogP) is 3.38. The number of carboxylic acid groups (broad SMARTS) is 1. The van der Waals surface area contributed by atoms with Crippen LogP contribution in [0, 0.1) is 0 Å². The van der Waals surface area contributed by atoms with Crippen LogP contribution in [0.5, 0.6) is 0 Å². The van der Waals surface area contributed by atoms with Crippen LogP contribution in [0.2, 0.25) is 0 Å². The third kappa shape index (κ3) is 33.4. The number of benzene rings is 2. The zero-order valence-electron chi connectivity index (χ0n) is 61.6. The number of ketones is 1. The summed E-state index contributed by atoms with van der Waals surface area (Å²) in [6.07, 6.45) is -9.84. The Balaban J connectivity index is 0.000000401. The number of esters is 2. The van der Waals surface area contributed by atoms with Crippen molar-refractivity contribution in [2.24, 2.45) is 5.73 Å². The van der Waals surface area contributed by atoms with E-state index >= 15 is 0 Å². The topological polar surface area (TPSA) is 540 Å². The smallest absolute Gasteiger partial charge is 0.471 e. The molecule has 0 bridgehead atoms. The number of alkyl carbamates (subject to hydrolysis) is 2. The standard InChI is InChI=1S/C34H43F3N8O10.C22H20F3N7O7.C11H24N2O4/c1-33(2,3)55-32(51)39-13-15-54-17-16-53-14-5-6-23(46)11-12-24(29(49)52-4)42-27(47)20-7-9-22(10-8-20)45(30(50)34(35,36)37)19-21-18-40-26-25(41-21)28(48)44-31(38)43-26;1-39-19(37)13(6-7-14(33)34)29-17(35)10-2-4-12(5-3-10)32(20(38)22(23,24)25)9-11-8-27-16-15(28-11)18(36)31-21(26)30-16;1-11(2,3)17-10(14)13-5-7-16-9-8-15-6-4-12/h7-10,18,24H,5-6,11-17,19H2,1-4H3,(H,39,51)(H,42,47)(H3,38,40,43,44,48);2-5,8,13H,6-7,9H2,1H3,(H,29,35)(H,33,34)(H3,26,27,30,31,36);4-9,12H2,1-3H3,(H,13,14)/t24-;13-;/m00./s1. The van der Waals surface area contributed by atoms with Crippen LogP contribution in [0.25, 0.3) is 22.3 Å². The van der Waals surface area contributed by atoms with Gasteiger partial charge in [0.15, 0.2) is 22.3 Å². The molecule has 0 radical (unpaired) electrons. The summed E-state index contributed by atoms with van der Waals surface area (Å²) in [5, 5.41) is 18.7. The van der Waals surface area contributed by atoms with Crippen molar-refractivity contribution >= 4 is 105 Å². The van der Waals surface area contributed by atoms with Gasteiger partial charge in [0.25, 0.3) is 22.9 Å². The number of Topliss-reactive ketones (excluding diaryl/α,β-unsaturated/α-hetero) is 1. The second-order valence-electron chi connectivity index (χ2n) is 25.1. The number of aromatic amines is 2. The summed E-state index contributed by atoms with van der Waals surface area (Å²) in [4.78, 5) is 173. The van der Waals surface area contributed by atoms with Crippen LogP contribution in [-0.2, 0) is 79.8 Å². The van der Waals surface area contributed by atoms with Crippen LogP contribution < -0.4 is 59.4 Å². The lowest BCUT2D eigenvalue weighted by Gasteiger charge is -2.24. The number of hydrogen-bond acceptors (Lipinski definition) is 29. The molecular formula is C67H87F6N17O21. The number of methoxy groups -OCH3 is 2. The highest BCUT2D eigenvalue weighted by Gasteiger charge is 2.45. The van der Waals surface area contributed by atoms with Crippen LogP contribution >= 0.6 is 0 Å². The molecule has 6 rings (SSSR count). The lowest BCUT2D eigenvalue weighted by atomic mass is 10.1. The second kappa shape index (κ2) is 44.1. The highest BCUT2D eigenvalue weighted by molar-refractivity contribution is 6.01. The summed E-state index contributed by atoms with van der Waals surface area (Å²) in [6.45, 7) is 13.5. The van der Waals surface area contributed by atoms with E-state index in [1.54, 1.807) is 20.8 Å². The number of aromatic nitrogens is 8. The molecule has 0 fully saturated rings. The summed E-state index contributed by atoms with van der Waals surface area (Å²) < 4.78 is 122. The van der Waals surface area contributed by atoms with Gasteiger partial charge in [-0.1, -0.05) is 0 Å². The number of fused-ring (bicyclic) bond motifs is 2. The molecular weight excluding hydrogens is 1490 g/mol. The normalized spacial score (nSPS) is 12.0. The number of aliphatic carboxylic acids is 1. The minimum Gasteiger partial charge on any atom is -0.481 e. The maximum absolute atomic E-state index is 13.6. The quantitative estimate of drug-likeness (QED) is 0.0117. The molecule has 0 aliphatic carbocycles. The van der Waals surface area contributed by atoms with E-state index in [0.29, 0.717) is 55.7 Å². The summed E-state index contributed by atoms with van der Waals surface area (Å²) >= 11 is 0. The van der Waals surface area contributed by atoms with Gasteiger partial charge in [0.2, 0.25) is 11.9 Å². The summed E-state index contributed by atoms with van der Waals surface area (Å²) in [5.74, 6) is -9.77. The largest absolute Gasteiger partial charge is 0.481 e. The number of carbonyl (C=O) groups excluding carboxylic acids is 9. The first-order valence-corrected chi connectivity index (χ1v) is 33.6. The first-order chi connectivity index (χ1) is 52.1. The van der Waals surface area contributed by atoms with Crippen LogP contribution in [0.3, 0.4) is 0 Å². The van der Waals surface area contributed by atoms with E-state index in [1.807, 2.05) is 20.8 Å². The molecule has 608 valence electrons. The number of amides is 6. The Kier molecular flexibility index (Phi) is 36.5. The predicted molar refractivity (Wildman–Crippen MR) is 380 cm³/mol. The maximum Gasteiger partial charge on any atom is 0.471 e. The van der Waals surface area contributed by atoms with Gasteiger partial charge >= 0.3 is 54.3 Å². The van der Waals surface area contributed by atoms with Gasteiger partial charge in [0.05, 0.1) is 97.3 Å². The van der Waals surface area contributed by atoms with E-state index in [1.165, 1.54) is 0 Å². The van der Waals surface area contributed by atoms with E-state index in [4.69, 9.17) is 55.5 Å². The van der Waals surface area contributed by atoms with Crippen LogP contribution in [0.15, 0.2) is 70.5 Å². The monoisotopic (exact) mass is 1580 g/mol. The Morgan fingerprint density at radius 2 is 0.892 bits per heavy atom. The lowest BCUT2D eigenvalue weighted by Crippen LogP contribution is -2.42. The molecule has 0 spiro atoms. The van der Waals surface area contributed by atoms with Crippen molar-refractivity contribution in [3.8, 4) is 0 Å². The van der Waals surface area contributed by atoms with Crippen LogP contribution in [0.1, 0.15) is 112 Å². The van der Waals surface area contributed by atoms with Gasteiger partial charge in [-0.15, -0.1) is 0 Å². The molecule has 13 N–H and O–H groups in total. The summed E-state index contributed by atoms with van der Waals surface area (Å²) in [5.41, 5.74) is 11.5. The van der Waals surface area contributed by atoms with E-state index in [9.17, 15) is 83.9 Å². The fourth-order valence-corrected chi connectivity index (χ4v) is 9.01. The molecule has 6 aromatic rings. The molecule has 38 nitrogen and oxygen atoms in total. The van der Waals surface area contributed by atoms with Crippen molar-refractivity contribution in [2.75, 3.05) is 108 Å². The Hall–Kier alpha value is -11.6. The van der Waals surface area contributed by atoms with Crippen LogP contribution in [0.4, 0.5) is 59.2 Å². The lowest BCUT2D eigenvalue weighted by molar-refractivity contribution is -0.170. The molecule has 4 heterocycles. The van der Waals surface area contributed by atoms with Crippen molar-refractivity contribution < 1.29 is 117 Å². The van der Waals surface area contributed by atoms with Gasteiger partial charge in [0.1, 0.15) is 29.1 Å². The number of carbonyl (C=O) groups is 10. The first kappa shape index (κ1) is 91.7. The second-order valence-corrected chi connectivity index (χ2v) is 25.1. The van der Waals surface area contributed by atoms with E-state index < -0.39 is 120 Å². The molecule has 0 aliphatic heterocycles. The van der Waals surface area contributed by atoms with Gasteiger partial charge in [-0.25, -0.2) is 39.1 Å². The van der Waals surface area contributed by atoms with Crippen molar-refractivity contribution in [3.63, 3.8) is 0 Å². The molecule has 2 atom stereocenters. The molecule has 0 saturated carbocycles. The third-order valence-corrected chi connectivity index (χ3v) is 14.0. The molecule has 111 heavy (non-hydrogen) atoms. The molecule has 0 saturated heterocycles. The molecule has 0 aliphatic rings. The average Bonchev–Trinajstić information content (AvgIpc) is 0.802. The van der Waals surface area contributed by atoms with Crippen LogP contribution in [-0.4, -0.2) is 227 Å². The SMILES string of the molecule is CC(C)(C)OC(=O)NCCOCCOCCN.COC(=O)[C@H](CCC(=O)CCCOCCOCCNC(=O)OC(C)(C)C)NC(=O)c1ccc(N(Cc2cnc3nc(N)[nH]c(=O)c3n2)C(=O)C(F)(F)F)cc1.COC(=O)[C@H](CCC(=O)O)NC(=O)c1ccc(N(Cc2cnc3nc(N)[nH]c(=O)c3n2)C(=O)C(F)(F)F)cc1. The minimum atomic E-state index is -5.30. The number of nitrogens with one attached hydrogen (secondary N) is 6. The summed E-state index contributed by atoms with van der Waals surface area (Å²) in [7, 11) is 2.15. The molecule has 0 unspecified atom stereocenters. The van der Waals surface area contributed by atoms with Crippen molar-refractivity contribution in [1.29, 1.82) is 0 Å². The number of alkyl halides is 6. The highest BCUT2D eigenvalue weighted by Crippen LogP contribution is 2.28. The van der Waals surface area contributed by atoms with E-state index in [-0.39, 0.29) is 133 Å². The van der Waals surface area contributed by atoms with Crippen molar-refractivity contribution in [2.45, 2.75) is 129 Å². The number of nitrogens with two attached hydrogens (primary N) is 3. The fourth-order valence-electron chi connectivity index (χ4n) is 9.01. The number of ether oxygens (including phenoxy) is 8. The maximum atomic E-state index is 13.6. The molecule has 2 aromatic carbocycles. The van der Waals surface area contributed by atoms with Crippen molar-refractivity contribution in [3.05, 3.63) is 104 Å². The van der Waals surface area contributed by atoms with E-state index in [2.05, 4.69) is 65.9 Å². The summed E-state index contributed by atoms with van der Waals surface area (Å²) in [6, 6.07) is 6.20. The van der Waals surface area contributed by atoms with Gasteiger partial charge in [0, 0.05) is 68.0 Å². The van der Waals surface area contributed by atoms with Crippen molar-refractivity contribution in [1.82, 2.24) is 61.1 Å². The number of H-pyrrole nitrogens is 2. The van der Waals surface area contributed by atoms with Gasteiger partial charge in [-0.2, -0.15) is 36.3 Å². The average molecular weight is 1580 g/mol. The fraction of sp³-hybridized carbons (Fsp3) is 0.493. The van der Waals surface area contributed by atoms with Gasteiger partial charge in [-0.05, 0) is 109 Å². The van der Waals surface area contributed by atoms with Gasteiger partial charge < -0.3 is 81.5 Å². The van der Waals surface area contributed by atoms with E-state index in [0.717, 1.165) is 75.1 Å². The Morgan fingerprint density at radius 3 is 1.24 bits per heavy atom. The number of hydrogen-bond donors (Lipinski definition) is 10. The number of nitrogen functional groups attached to an aromatic ring is 2. The highest BCUT2D eigenvalue weighted by atomic mass is 19.4. The zero-order valence-corrected chi connectivity index (χ0v) is 61.6. The number of carboxylic acids is 1. The minimum absolute atomic E-state index is 0.0752. The number of halogens is 6. The molecule has 4 aromatic heterocycles. The Labute approximate surface area is 628 Å². The third-order valence-electron chi connectivity index (χ3n) is 14.0. The molecule has 6 amide bonds. The number of nitrogens with zero attached hydrogens (tertiary/aromatic N) is 8.